The van der Waals surface area contributed by atoms with E-state index in [1.807, 2.05) is 24.3 Å². The van der Waals surface area contributed by atoms with Crippen molar-refractivity contribution in [2.24, 2.45) is 11.8 Å². The lowest BCUT2D eigenvalue weighted by Crippen LogP contribution is -2.16. The van der Waals surface area contributed by atoms with Gasteiger partial charge in [-0.15, -0.1) is 0 Å². The third-order valence-corrected chi connectivity index (χ3v) is 13.0. The summed E-state index contributed by atoms with van der Waals surface area (Å²) in [6.45, 7) is 13.6. The van der Waals surface area contributed by atoms with Crippen LogP contribution in [0.15, 0.2) is 97.1 Å². The molecule has 0 aromatic heterocycles. The van der Waals surface area contributed by atoms with E-state index in [9.17, 15) is 0 Å². The second-order valence-corrected chi connectivity index (χ2v) is 17.8. The Morgan fingerprint density at radius 3 is 1.06 bits per heavy atom. The minimum atomic E-state index is 0.381. The zero-order chi connectivity index (χ0) is 45.8. The van der Waals surface area contributed by atoms with Crippen LogP contribution >= 0.6 is 0 Å². The summed E-state index contributed by atoms with van der Waals surface area (Å²) in [5.74, 6) is 6.01. The lowest BCUT2D eigenvalue weighted by molar-refractivity contribution is 0.0695. The molecule has 0 fully saturated rings. The summed E-state index contributed by atoms with van der Waals surface area (Å²) in [5.41, 5.74) is 9.02. The Morgan fingerprint density at radius 2 is 0.727 bits per heavy atom. The average molecular weight is 899 g/mol. The minimum Gasteiger partial charge on any atom is -0.493 e. The average Bonchev–Trinajstić information content (AvgIpc) is 3.33. The molecule has 0 spiro atoms. The molecular weight excluding hydrogens is 825 g/mol. The van der Waals surface area contributed by atoms with Crippen molar-refractivity contribution in [1.29, 1.82) is 0 Å². The molecule has 66 heavy (non-hydrogen) atoms. The fourth-order valence-electron chi connectivity index (χ4n) is 9.15. The van der Waals surface area contributed by atoms with E-state index >= 15 is 0 Å². The Labute approximate surface area is 395 Å². The van der Waals surface area contributed by atoms with Gasteiger partial charge in [0.2, 0.25) is 0 Å². The molecule has 0 saturated carbocycles. The van der Waals surface area contributed by atoms with Gasteiger partial charge in [-0.3, -0.25) is 0 Å². The van der Waals surface area contributed by atoms with Crippen LogP contribution in [-0.2, 0) is 35.2 Å². The van der Waals surface area contributed by atoms with Gasteiger partial charge < -0.3 is 37.9 Å². The van der Waals surface area contributed by atoms with E-state index in [1.165, 1.54) is 25.7 Å². The second-order valence-electron chi connectivity index (χ2n) is 17.8. The summed E-state index contributed by atoms with van der Waals surface area (Å²) >= 11 is 0. The number of hydrogen-bond donors (Lipinski definition) is 0. The van der Waals surface area contributed by atoms with E-state index in [0.717, 1.165) is 93.2 Å². The van der Waals surface area contributed by atoms with Gasteiger partial charge in [-0.1, -0.05) is 151 Å². The third-order valence-electron chi connectivity index (χ3n) is 13.0. The number of para-hydroxylation sites is 6. The minimum absolute atomic E-state index is 0.381. The van der Waals surface area contributed by atoms with Crippen molar-refractivity contribution in [2.75, 3.05) is 66.1 Å². The number of hydrogen-bond acceptors (Lipinski definition) is 8. The smallest absolute Gasteiger partial charge is 0.161 e. The van der Waals surface area contributed by atoms with Crippen LogP contribution in [0.25, 0.3) is 0 Å². The van der Waals surface area contributed by atoms with Gasteiger partial charge in [0.25, 0.3) is 0 Å². The Bertz CT molecular complexity index is 1990. The number of fused-ring (bicyclic) bond motifs is 12. The van der Waals surface area contributed by atoms with E-state index in [0.29, 0.717) is 115 Å². The van der Waals surface area contributed by atoms with Crippen LogP contribution in [0.2, 0.25) is 0 Å². The predicted octanol–water partition coefficient (Wildman–Crippen LogP) is 12.8. The van der Waals surface area contributed by atoms with Gasteiger partial charge >= 0.3 is 0 Å². The highest BCUT2D eigenvalue weighted by Crippen LogP contribution is 2.39. The summed E-state index contributed by atoms with van der Waals surface area (Å²) in [5, 5.41) is 0. The van der Waals surface area contributed by atoms with Crippen molar-refractivity contribution in [3.63, 3.8) is 0 Å². The van der Waals surface area contributed by atoms with Crippen LogP contribution in [0.1, 0.15) is 124 Å². The standard InChI is InChI=1S/C58H74O8/c1-5-9-17-43(7-3)41-65-57-49-23-15-24-50(57)38-46-20-14-22-48-40-52-26-16-25-51(58(52)66-42-44(8-4)18-10-6-2)39-47-21-13-19-45(37-49)55(47)63-35-31-59-29-33-61-53-27-11-12-28-54(53)62-34-30-60-32-36-64-56(46)48/h11-16,19-28,43-44H,5-10,17-18,29-42H2,1-4H3. The van der Waals surface area contributed by atoms with E-state index in [2.05, 4.69) is 100 Å². The second kappa shape index (κ2) is 26.2. The molecule has 0 radical (unpaired) electrons. The molecule has 2 atom stereocenters. The Hall–Kier alpha value is -5.18. The van der Waals surface area contributed by atoms with E-state index in [4.69, 9.17) is 37.9 Å². The molecular formula is C58H74O8. The number of benzene rings is 5. The molecule has 2 unspecified atom stereocenters. The van der Waals surface area contributed by atoms with Gasteiger partial charge in [0.1, 0.15) is 49.4 Å². The lowest BCUT2D eigenvalue weighted by atomic mass is 9.91. The molecule has 0 saturated heterocycles. The van der Waals surface area contributed by atoms with Gasteiger partial charge in [0.15, 0.2) is 11.5 Å². The molecule has 2 heterocycles. The van der Waals surface area contributed by atoms with Gasteiger partial charge in [-0.05, 0) is 81.3 Å². The van der Waals surface area contributed by atoms with Gasteiger partial charge in [-0.25, -0.2) is 0 Å². The fraction of sp³-hybridized carbons (Fsp3) is 0.483. The van der Waals surface area contributed by atoms with Crippen molar-refractivity contribution in [1.82, 2.24) is 0 Å². The van der Waals surface area contributed by atoms with Crippen LogP contribution in [0.4, 0.5) is 0 Å². The van der Waals surface area contributed by atoms with Crippen molar-refractivity contribution in [3.05, 3.63) is 142 Å². The molecule has 8 heteroatoms. The molecule has 5 aromatic rings. The van der Waals surface area contributed by atoms with E-state index in [1.54, 1.807) is 0 Å². The van der Waals surface area contributed by atoms with Crippen LogP contribution < -0.4 is 28.4 Å². The van der Waals surface area contributed by atoms with Crippen molar-refractivity contribution in [3.8, 4) is 34.5 Å². The maximum atomic E-state index is 7.06. The van der Waals surface area contributed by atoms with E-state index in [-0.39, 0.29) is 0 Å². The van der Waals surface area contributed by atoms with Crippen LogP contribution in [0.5, 0.6) is 34.5 Å². The molecule has 0 amide bonds. The van der Waals surface area contributed by atoms with Crippen molar-refractivity contribution >= 4 is 0 Å². The summed E-state index contributed by atoms with van der Waals surface area (Å²) < 4.78 is 52.3. The fourth-order valence-corrected chi connectivity index (χ4v) is 9.15. The quantitative estimate of drug-likeness (QED) is 0.100. The molecule has 5 aromatic carbocycles. The maximum Gasteiger partial charge on any atom is 0.161 e. The highest BCUT2D eigenvalue weighted by molar-refractivity contribution is 5.56. The topological polar surface area (TPSA) is 73.8 Å². The first-order chi connectivity index (χ1) is 32.6. The number of rotatable bonds is 14. The third kappa shape index (κ3) is 13.7. The molecule has 354 valence electrons. The first-order valence-corrected chi connectivity index (χ1v) is 25.0. The van der Waals surface area contributed by atoms with Gasteiger partial charge in [0, 0.05) is 25.7 Å². The molecule has 8 nitrogen and oxygen atoms in total. The monoisotopic (exact) mass is 899 g/mol. The molecule has 2 aliphatic heterocycles. The highest BCUT2D eigenvalue weighted by Gasteiger charge is 2.23. The van der Waals surface area contributed by atoms with Gasteiger partial charge in [0.05, 0.1) is 39.6 Å². The van der Waals surface area contributed by atoms with E-state index < -0.39 is 0 Å². The zero-order valence-corrected chi connectivity index (χ0v) is 40.2. The Balaban J connectivity index is 1.33. The SMILES string of the molecule is CCCCC(CC)COc1c2cccc1Cc1cccc3c1OCCOCCOc1ccccc1OCCOCCOc1c(cccc1Cc1cccc(c1OCC(CC)CCCC)C3)C2. The summed E-state index contributed by atoms with van der Waals surface area (Å²) in [6, 6.07) is 34.2. The zero-order valence-electron chi connectivity index (χ0n) is 40.2. The summed E-state index contributed by atoms with van der Waals surface area (Å²) in [6.07, 6.45) is 11.8. The summed E-state index contributed by atoms with van der Waals surface area (Å²) in [4.78, 5) is 0. The first-order valence-electron chi connectivity index (χ1n) is 25.0. The molecule has 1 aliphatic carbocycles. The molecule has 3 aliphatic rings. The molecule has 8 rings (SSSR count). The number of ether oxygens (including phenoxy) is 8. The van der Waals surface area contributed by atoms with Crippen molar-refractivity contribution < 1.29 is 37.9 Å². The predicted molar refractivity (Wildman–Crippen MR) is 265 cm³/mol. The van der Waals surface area contributed by atoms with Crippen LogP contribution in [0.3, 0.4) is 0 Å². The van der Waals surface area contributed by atoms with Gasteiger partial charge in [-0.2, -0.15) is 0 Å². The highest BCUT2D eigenvalue weighted by atomic mass is 16.6. The lowest BCUT2D eigenvalue weighted by Gasteiger charge is -2.24. The molecule has 10 bridgehead atoms. The molecule has 0 N–H and O–H groups in total. The summed E-state index contributed by atoms with van der Waals surface area (Å²) in [7, 11) is 0. The van der Waals surface area contributed by atoms with Crippen LogP contribution in [0, 0.1) is 11.8 Å². The largest absolute Gasteiger partial charge is 0.493 e. The number of unbranched alkanes of at least 4 members (excludes halogenated alkanes) is 2. The Morgan fingerprint density at radius 1 is 0.394 bits per heavy atom. The van der Waals surface area contributed by atoms with Crippen LogP contribution in [-0.4, -0.2) is 66.1 Å². The first kappa shape index (κ1) is 48.7. The maximum absolute atomic E-state index is 7.06. The normalized spacial score (nSPS) is 15.7. The Kier molecular flexibility index (Phi) is 19.4. The van der Waals surface area contributed by atoms with Crippen molar-refractivity contribution in [2.45, 2.75) is 105 Å².